The molecule has 47 heavy (non-hydrogen) atoms. The second kappa shape index (κ2) is 14.3. The minimum atomic E-state index is -0.257. The third-order valence-corrected chi connectivity index (χ3v) is 8.73. The Morgan fingerprint density at radius 2 is 1.91 bits per heavy atom. The number of halogens is 1. The Balaban J connectivity index is 1.28. The van der Waals surface area contributed by atoms with Crippen LogP contribution in [0.15, 0.2) is 91.0 Å². The molecule has 0 aliphatic carbocycles. The van der Waals surface area contributed by atoms with Gasteiger partial charge in [-0.1, -0.05) is 33.1 Å². The normalized spacial score (nSPS) is 13.9. The van der Waals surface area contributed by atoms with E-state index in [9.17, 15) is 4.39 Å². The van der Waals surface area contributed by atoms with Gasteiger partial charge in [-0.25, -0.2) is 4.39 Å². The van der Waals surface area contributed by atoms with Gasteiger partial charge >= 0.3 is 0 Å². The molecule has 0 saturated carbocycles. The van der Waals surface area contributed by atoms with Gasteiger partial charge in [0, 0.05) is 45.9 Å². The minimum absolute atomic E-state index is 0.257. The van der Waals surface area contributed by atoms with Crippen molar-refractivity contribution in [3.05, 3.63) is 114 Å². The second-order valence-electron chi connectivity index (χ2n) is 13.0. The first kappa shape index (κ1) is 32.1. The fourth-order valence-corrected chi connectivity index (χ4v) is 6.58. The summed E-state index contributed by atoms with van der Waals surface area (Å²) in [5.41, 5.74) is 10.7. The molecule has 0 unspecified atom stereocenters. The predicted octanol–water partition coefficient (Wildman–Crippen LogP) is 9.05. The molecule has 242 valence electrons. The zero-order chi connectivity index (χ0) is 32.9. The van der Waals surface area contributed by atoms with Crippen LogP contribution in [0.3, 0.4) is 0 Å². The number of H-pyrrole nitrogens is 2. The summed E-state index contributed by atoms with van der Waals surface area (Å²) in [7, 11) is 0. The predicted molar refractivity (Wildman–Crippen MR) is 192 cm³/mol. The van der Waals surface area contributed by atoms with Crippen molar-refractivity contribution in [1.29, 1.82) is 0 Å². The van der Waals surface area contributed by atoms with Crippen LogP contribution in [0.4, 0.5) is 10.1 Å². The van der Waals surface area contributed by atoms with Crippen LogP contribution in [-0.4, -0.2) is 50.4 Å². The van der Waals surface area contributed by atoms with E-state index >= 15 is 0 Å². The van der Waals surface area contributed by atoms with Crippen LogP contribution in [0.1, 0.15) is 61.9 Å². The monoisotopic (exact) mass is 629 g/mol. The number of likely N-dealkylation sites (tertiary alicyclic amines) is 1. The molecular formula is C39H44FN7. The SMILES string of the molecule is C=CN=C(c1cc(F)cc(CCCN2CCCC2)c1)c1cc(-c2n[nH]c3ccc(-c4cncc(NC(=C)CC(C)C)c4)cc23)[nH]c1C. The Kier molecular flexibility index (Phi) is 9.78. The number of allylic oxidation sites excluding steroid dienone is 1. The van der Waals surface area contributed by atoms with Crippen LogP contribution in [0.2, 0.25) is 0 Å². The maximum Gasteiger partial charge on any atom is 0.124 e. The molecular weight excluding hydrogens is 585 g/mol. The average Bonchev–Trinajstić information content (AvgIpc) is 3.79. The molecule has 2 aromatic carbocycles. The van der Waals surface area contributed by atoms with E-state index in [4.69, 9.17) is 5.10 Å². The van der Waals surface area contributed by atoms with Gasteiger partial charge < -0.3 is 15.2 Å². The lowest BCUT2D eigenvalue weighted by atomic mass is 9.98. The second-order valence-corrected chi connectivity index (χ2v) is 13.0. The van der Waals surface area contributed by atoms with E-state index in [1.165, 1.54) is 32.1 Å². The van der Waals surface area contributed by atoms with E-state index < -0.39 is 0 Å². The topological polar surface area (TPSA) is 85.0 Å². The number of hydrogen-bond acceptors (Lipinski definition) is 5. The number of pyridine rings is 1. The van der Waals surface area contributed by atoms with E-state index in [-0.39, 0.29) is 5.82 Å². The standard InChI is InChI=1S/C39H44FN7/c1-6-42-38(30-17-28(18-32(40)19-30)10-9-15-47-13-7-8-14-47)34-22-37(44-27(34)5)39-35-21-29(11-12-36(35)45-46-39)31-20-33(24-41-23-31)43-26(4)16-25(2)3/h6,11-12,17-25,43-44H,1,4,7-10,13-16H2,2-3,5H3,(H,45,46). The molecule has 0 radical (unpaired) electrons. The smallest absolute Gasteiger partial charge is 0.124 e. The molecule has 8 heteroatoms. The summed E-state index contributed by atoms with van der Waals surface area (Å²) >= 11 is 0. The number of aromatic nitrogens is 4. The Bertz CT molecular complexity index is 1920. The van der Waals surface area contributed by atoms with Crippen molar-refractivity contribution in [2.24, 2.45) is 10.9 Å². The Morgan fingerprint density at radius 3 is 2.70 bits per heavy atom. The van der Waals surface area contributed by atoms with Crippen LogP contribution in [0.25, 0.3) is 33.4 Å². The van der Waals surface area contributed by atoms with Gasteiger partial charge in [0.25, 0.3) is 0 Å². The van der Waals surface area contributed by atoms with Crippen molar-refractivity contribution < 1.29 is 4.39 Å². The number of nitrogens with zero attached hydrogens (tertiary/aromatic N) is 4. The largest absolute Gasteiger partial charge is 0.358 e. The maximum atomic E-state index is 15.0. The van der Waals surface area contributed by atoms with Gasteiger partial charge in [0.05, 0.1) is 28.8 Å². The Hall–Kier alpha value is -4.82. The van der Waals surface area contributed by atoms with Crippen LogP contribution in [0.5, 0.6) is 0 Å². The van der Waals surface area contributed by atoms with Crippen molar-refractivity contribution in [2.75, 3.05) is 25.0 Å². The highest BCUT2D eigenvalue weighted by atomic mass is 19.1. The van der Waals surface area contributed by atoms with E-state index in [1.807, 2.05) is 31.5 Å². The van der Waals surface area contributed by atoms with E-state index in [2.05, 4.69) is 81.5 Å². The molecule has 6 rings (SSSR count). The number of rotatable bonds is 13. The van der Waals surface area contributed by atoms with Gasteiger partial charge in [-0.05, 0) is 118 Å². The number of aryl methyl sites for hydroxylation is 2. The lowest BCUT2D eigenvalue weighted by molar-refractivity contribution is 0.334. The highest BCUT2D eigenvalue weighted by molar-refractivity contribution is 6.14. The highest BCUT2D eigenvalue weighted by Crippen LogP contribution is 2.33. The summed E-state index contributed by atoms with van der Waals surface area (Å²) in [6.07, 6.45) is 10.5. The number of nitrogens with one attached hydrogen (secondary N) is 3. The summed E-state index contributed by atoms with van der Waals surface area (Å²) in [6, 6.07) is 15.6. The van der Waals surface area contributed by atoms with Crippen molar-refractivity contribution >= 4 is 22.3 Å². The number of benzene rings is 2. The molecule has 1 saturated heterocycles. The lowest BCUT2D eigenvalue weighted by Gasteiger charge is -2.14. The van der Waals surface area contributed by atoms with E-state index in [1.54, 1.807) is 12.1 Å². The van der Waals surface area contributed by atoms with Crippen molar-refractivity contribution in [3.63, 3.8) is 0 Å². The molecule has 1 aliphatic heterocycles. The van der Waals surface area contributed by atoms with Gasteiger partial charge in [0.15, 0.2) is 0 Å². The van der Waals surface area contributed by atoms with Gasteiger partial charge in [-0.15, -0.1) is 0 Å². The molecule has 3 N–H and O–H groups in total. The number of aromatic amines is 2. The molecule has 1 fully saturated rings. The number of fused-ring (bicyclic) bond motifs is 1. The molecule has 0 amide bonds. The first-order chi connectivity index (χ1) is 22.8. The minimum Gasteiger partial charge on any atom is -0.358 e. The first-order valence-electron chi connectivity index (χ1n) is 16.6. The summed E-state index contributed by atoms with van der Waals surface area (Å²) in [5.74, 6) is 0.262. The quantitative estimate of drug-likeness (QED) is 0.114. The van der Waals surface area contributed by atoms with Crippen molar-refractivity contribution in [2.45, 2.75) is 52.9 Å². The zero-order valence-corrected chi connectivity index (χ0v) is 27.7. The number of hydrogen-bond donors (Lipinski definition) is 3. The lowest BCUT2D eigenvalue weighted by Crippen LogP contribution is -2.20. The number of aliphatic imine (C=N–C) groups is 1. The summed E-state index contributed by atoms with van der Waals surface area (Å²) in [6.45, 7) is 17.8. The van der Waals surface area contributed by atoms with Crippen LogP contribution >= 0.6 is 0 Å². The molecule has 5 aromatic rings. The van der Waals surface area contributed by atoms with Gasteiger partial charge in [0.2, 0.25) is 0 Å². The van der Waals surface area contributed by atoms with Gasteiger partial charge in [-0.2, -0.15) is 5.10 Å². The number of anilines is 1. The molecule has 7 nitrogen and oxygen atoms in total. The molecule has 3 aromatic heterocycles. The first-order valence-corrected chi connectivity index (χ1v) is 16.6. The zero-order valence-electron chi connectivity index (χ0n) is 27.7. The summed E-state index contributed by atoms with van der Waals surface area (Å²) in [5, 5.41) is 12.3. The molecule has 4 heterocycles. The maximum absolute atomic E-state index is 15.0. The van der Waals surface area contributed by atoms with Crippen molar-refractivity contribution in [3.8, 4) is 22.5 Å². The van der Waals surface area contributed by atoms with Crippen LogP contribution < -0.4 is 5.32 Å². The van der Waals surface area contributed by atoms with Gasteiger partial charge in [-0.3, -0.25) is 15.1 Å². The Labute approximate surface area is 276 Å². The fraction of sp³-hybridized carbons (Fsp3) is 0.308. The molecule has 1 aliphatic rings. The van der Waals surface area contributed by atoms with E-state index in [0.29, 0.717) is 11.6 Å². The van der Waals surface area contributed by atoms with E-state index in [0.717, 1.165) is 93.0 Å². The third kappa shape index (κ3) is 7.60. The average molecular weight is 630 g/mol. The van der Waals surface area contributed by atoms with Crippen molar-refractivity contribution in [1.82, 2.24) is 25.1 Å². The molecule has 0 spiro atoms. The molecule has 0 bridgehead atoms. The third-order valence-electron chi connectivity index (χ3n) is 8.73. The highest BCUT2D eigenvalue weighted by Gasteiger charge is 2.19. The molecule has 0 atom stereocenters. The van der Waals surface area contributed by atoms with Crippen LogP contribution in [0, 0.1) is 18.7 Å². The fourth-order valence-electron chi connectivity index (χ4n) is 6.58. The van der Waals surface area contributed by atoms with Crippen LogP contribution in [-0.2, 0) is 6.42 Å². The van der Waals surface area contributed by atoms with Gasteiger partial charge in [0.1, 0.15) is 11.5 Å². The Morgan fingerprint density at radius 1 is 1.09 bits per heavy atom. The summed E-state index contributed by atoms with van der Waals surface area (Å²) in [4.78, 5) is 15.1. The summed E-state index contributed by atoms with van der Waals surface area (Å²) < 4.78 is 15.0.